The number of halogens is 1. The second-order valence-electron chi connectivity index (χ2n) is 6.13. The van der Waals surface area contributed by atoms with Crippen LogP contribution in [0.1, 0.15) is 54.6 Å². The Labute approximate surface area is 119 Å². The number of hydrogen-bond acceptors (Lipinski definition) is 0. The molecule has 98 valence electrons. The van der Waals surface area contributed by atoms with E-state index in [1.54, 1.807) is 5.56 Å². The van der Waals surface area contributed by atoms with E-state index in [0.717, 1.165) is 30.6 Å². The summed E-state index contributed by atoms with van der Waals surface area (Å²) < 4.78 is 0. The van der Waals surface area contributed by atoms with Crippen LogP contribution in [0.15, 0.2) is 18.2 Å². The number of fused-ring (bicyclic) bond motifs is 1. The molecule has 0 aliphatic heterocycles. The van der Waals surface area contributed by atoms with Gasteiger partial charge in [0.05, 0.1) is 0 Å². The number of alkyl halides is 1. The third kappa shape index (κ3) is 2.27. The first-order chi connectivity index (χ1) is 8.72. The molecule has 1 aromatic carbocycles. The van der Waals surface area contributed by atoms with Gasteiger partial charge in [0.2, 0.25) is 0 Å². The van der Waals surface area contributed by atoms with Gasteiger partial charge >= 0.3 is 0 Å². The van der Waals surface area contributed by atoms with Crippen LogP contribution in [0, 0.1) is 17.8 Å². The summed E-state index contributed by atoms with van der Waals surface area (Å²) in [5.74, 6) is 3.04. The summed E-state index contributed by atoms with van der Waals surface area (Å²) in [4.78, 5) is 0.590. The lowest BCUT2D eigenvalue weighted by atomic mass is 9.90. The van der Waals surface area contributed by atoms with E-state index in [1.807, 2.05) is 0 Å². The molecule has 18 heavy (non-hydrogen) atoms. The van der Waals surface area contributed by atoms with Crippen molar-refractivity contribution in [2.45, 2.75) is 50.8 Å². The molecule has 3 unspecified atom stereocenters. The minimum Gasteiger partial charge on any atom is -0.0836 e. The summed E-state index contributed by atoms with van der Waals surface area (Å²) in [7, 11) is 0. The maximum atomic E-state index is 4.02. The normalized spacial score (nSPS) is 31.2. The Morgan fingerprint density at radius 2 is 1.83 bits per heavy atom. The Morgan fingerprint density at radius 3 is 2.44 bits per heavy atom. The monoisotopic (exact) mass is 306 g/mol. The first-order valence-corrected chi connectivity index (χ1v) is 8.40. The van der Waals surface area contributed by atoms with Gasteiger partial charge in [0, 0.05) is 4.83 Å². The summed E-state index contributed by atoms with van der Waals surface area (Å²) in [6, 6.07) is 7.09. The zero-order chi connectivity index (χ0) is 12.7. The molecule has 2 aliphatic carbocycles. The van der Waals surface area contributed by atoms with Gasteiger partial charge in [-0.05, 0) is 66.5 Å². The fraction of sp³-hybridized carbons (Fsp3) is 0.647. The van der Waals surface area contributed by atoms with Crippen LogP contribution in [0.25, 0.3) is 0 Å². The third-order valence-corrected chi connectivity index (χ3v) is 6.23. The highest BCUT2D eigenvalue weighted by molar-refractivity contribution is 9.09. The predicted molar refractivity (Wildman–Crippen MR) is 81.2 cm³/mol. The second-order valence-corrected chi connectivity index (χ2v) is 7.12. The highest BCUT2D eigenvalue weighted by atomic mass is 79.9. The zero-order valence-electron chi connectivity index (χ0n) is 11.5. The predicted octanol–water partition coefficient (Wildman–Crippen LogP) is 5.29. The zero-order valence-corrected chi connectivity index (χ0v) is 13.0. The Bertz CT molecular complexity index is 427. The highest BCUT2D eigenvalue weighted by Gasteiger charge is 2.47. The van der Waals surface area contributed by atoms with Crippen LogP contribution in [0.4, 0.5) is 0 Å². The molecular weight excluding hydrogens is 284 g/mol. The molecule has 0 nitrogen and oxygen atoms in total. The Morgan fingerprint density at radius 1 is 1.11 bits per heavy atom. The van der Waals surface area contributed by atoms with Gasteiger partial charge in [-0.1, -0.05) is 48.0 Å². The maximum absolute atomic E-state index is 4.02. The van der Waals surface area contributed by atoms with Crippen molar-refractivity contribution in [1.82, 2.24) is 0 Å². The fourth-order valence-corrected chi connectivity index (χ4v) is 4.56. The van der Waals surface area contributed by atoms with E-state index in [9.17, 15) is 0 Å². The van der Waals surface area contributed by atoms with Crippen molar-refractivity contribution in [3.63, 3.8) is 0 Å². The van der Waals surface area contributed by atoms with Crippen molar-refractivity contribution < 1.29 is 0 Å². The van der Waals surface area contributed by atoms with Crippen molar-refractivity contribution in [3.8, 4) is 0 Å². The lowest BCUT2D eigenvalue weighted by Crippen LogP contribution is -2.08. The van der Waals surface area contributed by atoms with Crippen molar-refractivity contribution in [2.24, 2.45) is 17.8 Å². The number of hydrogen-bond donors (Lipinski definition) is 0. The minimum atomic E-state index is 0.590. The molecule has 2 fully saturated rings. The summed E-state index contributed by atoms with van der Waals surface area (Å²) >= 11 is 4.02. The molecule has 2 aliphatic rings. The molecular formula is C17H23Br. The molecule has 0 bridgehead atoms. The van der Waals surface area contributed by atoms with E-state index >= 15 is 0 Å². The molecule has 3 atom stereocenters. The van der Waals surface area contributed by atoms with Crippen molar-refractivity contribution in [3.05, 3.63) is 34.9 Å². The van der Waals surface area contributed by atoms with Gasteiger partial charge < -0.3 is 0 Å². The molecule has 0 saturated heterocycles. The first kappa shape index (κ1) is 12.7. The van der Waals surface area contributed by atoms with Crippen LogP contribution >= 0.6 is 15.9 Å². The van der Waals surface area contributed by atoms with E-state index in [2.05, 4.69) is 48.0 Å². The lowest BCUT2D eigenvalue weighted by Gasteiger charge is -2.22. The summed E-state index contributed by atoms with van der Waals surface area (Å²) in [6.45, 7) is 4.52. The molecule has 0 amide bonds. The van der Waals surface area contributed by atoms with Gasteiger partial charge in [-0.15, -0.1) is 0 Å². The van der Waals surface area contributed by atoms with Gasteiger partial charge in [0.1, 0.15) is 0 Å². The average molecular weight is 307 g/mol. The van der Waals surface area contributed by atoms with Crippen LogP contribution < -0.4 is 0 Å². The molecule has 1 heteroatoms. The van der Waals surface area contributed by atoms with E-state index in [4.69, 9.17) is 0 Å². The second kappa shape index (κ2) is 5.00. The Hall–Kier alpha value is -0.300. The quantitative estimate of drug-likeness (QED) is 0.663. The lowest BCUT2D eigenvalue weighted by molar-refractivity contribution is 0.480. The first-order valence-electron chi connectivity index (χ1n) is 7.48. The maximum Gasteiger partial charge on any atom is 0.0426 e. The molecule has 0 spiro atoms. The summed E-state index contributed by atoms with van der Waals surface area (Å²) in [6.07, 6.45) is 6.74. The largest absolute Gasteiger partial charge is 0.0836 e. The molecule has 3 rings (SSSR count). The van der Waals surface area contributed by atoms with Crippen LogP contribution in [0.2, 0.25) is 0 Å². The van der Waals surface area contributed by atoms with Gasteiger partial charge in [-0.3, -0.25) is 0 Å². The number of benzene rings is 1. The summed E-state index contributed by atoms with van der Waals surface area (Å²) in [5.41, 5.74) is 4.59. The number of rotatable bonds is 4. The third-order valence-electron chi connectivity index (χ3n) is 4.99. The number of aryl methyl sites for hydroxylation is 2. The smallest absolute Gasteiger partial charge is 0.0426 e. The Kier molecular flexibility index (Phi) is 3.53. The van der Waals surface area contributed by atoms with Gasteiger partial charge in [0.25, 0.3) is 0 Å². The van der Waals surface area contributed by atoms with Gasteiger partial charge in [-0.2, -0.15) is 0 Å². The SMILES string of the molecule is CCc1ccc(CC)c(C(Br)C2CC3CC3C2)c1. The highest BCUT2D eigenvalue weighted by Crippen LogP contribution is 2.58. The van der Waals surface area contributed by atoms with Crippen molar-refractivity contribution in [2.75, 3.05) is 0 Å². The fourth-order valence-electron chi connectivity index (χ4n) is 3.70. The van der Waals surface area contributed by atoms with Crippen molar-refractivity contribution >= 4 is 15.9 Å². The van der Waals surface area contributed by atoms with E-state index in [-0.39, 0.29) is 0 Å². The molecule has 1 aromatic rings. The van der Waals surface area contributed by atoms with E-state index in [1.165, 1.54) is 30.4 Å². The van der Waals surface area contributed by atoms with Crippen molar-refractivity contribution in [1.29, 1.82) is 0 Å². The van der Waals surface area contributed by atoms with Gasteiger partial charge in [-0.25, -0.2) is 0 Å². The van der Waals surface area contributed by atoms with Crippen LogP contribution in [-0.2, 0) is 12.8 Å². The molecule has 0 N–H and O–H groups in total. The Balaban J connectivity index is 1.84. The van der Waals surface area contributed by atoms with Gasteiger partial charge in [0.15, 0.2) is 0 Å². The standard InChI is InChI=1S/C17H23Br/c1-3-11-5-6-12(4-2)16(7-11)17(18)15-9-13-8-14(13)10-15/h5-7,13-15,17H,3-4,8-10H2,1-2H3. The van der Waals surface area contributed by atoms with Crippen LogP contribution in [-0.4, -0.2) is 0 Å². The molecule has 0 heterocycles. The van der Waals surface area contributed by atoms with E-state index < -0.39 is 0 Å². The topological polar surface area (TPSA) is 0 Å². The molecule has 2 saturated carbocycles. The minimum absolute atomic E-state index is 0.590. The van der Waals surface area contributed by atoms with E-state index in [0.29, 0.717) is 4.83 Å². The summed E-state index contributed by atoms with van der Waals surface area (Å²) in [5, 5.41) is 0. The average Bonchev–Trinajstić information content (AvgIpc) is 3.03. The van der Waals surface area contributed by atoms with Crippen LogP contribution in [0.3, 0.4) is 0 Å². The van der Waals surface area contributed by atoms with Crippen LogP contribution in [0.5, 0.6) is 0 Å². The molecule has 0 aromatic heterocycles. The molecule has 0 radical (unpaired) electrons.